The fraction of sp³-hybridized carbons (Fsp3) is 0.333. The third-order valence-electron chi connectivity index (χ3n) is 4.80. The van der Waals surface area contributed by atoms with E-state index in [1.54, 1.807) is 25.1 Å². The lowest BCUT2D eigenvalue weighted by molar-refractivity contribution is 0.0473. The highest BCUT2D eigenvalue weighted by molar-refractivity contribution is 7.89. The summed E-state index contributed by atoms with van der Waals surface area (Å²) in [5, 5.41) is 0. The van der Waals surface area contributed by atoms with E-state index in [2.05, 4.69) is 4.72 Å². The summed E-state index contributed by atoms with van der Waals surface area (Å²) in [6.45, 7) is 5.14. The van der Waals surface area contributed by atoms with Crippen LogP contribution in [-0.4, -0.2) is 32.8 Å². The van der Waals surface area contributed by atoms with E-state index >= 15 is 0 Å². The second-order valence-electron chi connectivity index (χ2n) is 7.17. The number of nitrogens with one attached hydrogen (secondary N) is 1. The van der Waals surface area contributed by atoms with Crippen molar-refractivity contribution in [3.8, 4) is 0 Å². The molecular weight excluding hydrogens is 378 g/mol. The Kier molecular flexibility index (Phi) is 5.67. The highest BCUT2D eigenvalue weighted by Gasteiger charge is 2.28. The number of esters is 1. The molecule has 28 heavy (non-hydrogen) atoms. The molecule has 3 rings (SSSR count). The van der Waals surface area contributed by atoms with Crippen LogP contribution in [-0.2, 0) is 14.8 Å². The second kappa shape index (κ2) is 7.85. The number of rotatable bonds is 7. The van der Waals surface area contributed by atoms with Crippen molar-refractivity contribution in [1.29, 1.82) is 0 Å². The van der Waals surface area contributed by atoms with Crippen LogP contribution in [0.3, 0.4) is 0 Å². The highest BCUT2D eigenvalue weighted by Crippen LogP contribution is 2.23. The number of carbonyl (C=O) groups is 2. The first kappa shape index (κ1) is 20.2. The van der Waals surface area contributed by atoms with Gasteiger partial charge in [-0.1, -0.05) is 18.2 Å². The van der Waals surface area contributed by atoms with Crippen LogP contribution in [0.5, 0.6) is 0 Å². The van der Waals surface area contributed by atoms with Crippen molar-refractivity contribution in [3.63, 3.8) is 0 Å². The summed E-state index contributed by atoms with van der Waals surface area (Å²) in [7, 11) is -3.68. The Balaban J connectivity index is 1.72. The molecule has 0 heterocycles. The molecule has 148 valence electrons. The molecule has 0 radical (unpaired) electrons. The van der Waals surface area contributed by atoms with Gasteiger partial charge in [-0.2, -0.15) is 0 Å². The molecule has 0 amide bonds. The summed E-state index contributed by atoms with van der Waals surface area (Å²) < 4.78 is 32.5. The maximum Gasteiger partial charge on any atom is 0.338 e. The van der Waals surface area contributed by atoms with Gasteiger partial charge >= 0.3 is 5.97 Å². The minimum absolute atomic E-state index is 0.0115. The molecule has 6 nitrogen and oxygen atoms in total. The molecule has 0 saturated heterocycles. The molecule has 1 aliphatic carbocycles. The number of sulfonamides is 1. The van der Waals surface area contributed by atoms with E-state index in [0.29, 0.717) is 11.1 Å². The lowest BCUT2D eigenvalue weighted by Gasteiger charge is -2.10. The lowest BCUT2D eigenvalue weighted by atomic mass is 10.0. The molecule has 0 unspecified atom stereocenters. The first-order valence-electron chi connectivity index (χ1n) is 9.08. The SMILES string of the molecule is Cc1ccc(C(=O)COC(=O)c2cc(S(=O)(=O)NC3CC3)ccc2C)cc1C. The molecule has 2 aromatic rings. The van der Waals surface area contributed by atoms with Crippen LogP contribution in [0.1, 0.15) is 50.2 Å². The van der Waals surface area contributed by atoms with Gasteiger partial charge in [0, 0.05) is 11.6 Å². The Hall–Kier alpha value is -2.51. The van der Waals surface area contributed by atoms with Gasteiger partial charge in [-0.15, -0.1) is 0 Å². The topological polar surface area (TPSA) is 89.5 Å². The van der Waals surface area contributed by atoms with Gasteiger partial charge in [-0.3, -0.25) is 4.79 Å². The zero-order valence-electron chi connectivity index (χ0n) is 16.1. The van der Waals surface area contributed by atoms with Crippen molar-refractivity contribution in [3.05, 3.63) is 64.2 Å². The number of aryl methyl sites for hydroxylation is 3. The molecule has 0 atom stereocenters. The first-order chi connectivity index (χ1) is 13.2. The quantitative estimate of drug-likeness (QED) is 0.569. The van der Waals surface area contributed by atoms with Crippen molar-refractivity contribution in [2.24, 2.45) is 0 Å². The third kappa shape index (κ3) is 4.66. The molecule has 0 spiro atoms. The Labute approximate surface area is 165 Å². The maximum atomic E-state index is 12.4. The van der Waals surface area contributed by atoms with E-state index < -0.39 is 22.6 Å². The largest absolute Gasteiger partial charge is 0.454 e. The van der Waals surface area contributed by atoms with Crippen LogP contribution in [0.25, 0.3) is 0 Å². The summed E-state index contributed by atoms with van der Waals surface area (Å²) in [5.74, 6) is -1.04. The first-order valence-corrected chi connectivity index (χ1v) is 10.6. The Bertz CT molecular complexity index is 1040. The van der Waals surface area contributed by atoms with Gasteiger partial charge in [-0.25, -0.2) is 17.9 Å². The number of Topliss-reactive ketones (excluding diaryl/α,β-unsaturated/α-hetero) is 1. The van der Waals surface area contributed by atoms with Gasteiger partial charge in [0.1, 0.15) is 0 Å². The molecule has 1 saturated carbocycles. The van der Waals surface area contributed by atoms with Crippen LogP contribution in [0.15, 0.2) is 41.3 Å². The highest BCUT2D eigenvalue weighted by atomic mass is 32.2. The third-order valence-corrected chi connectivity index (χ3v) is 6.32. The van der Waals surface area contributed by atoms with E-state index in [9.17, 15) is 18.0 Å². The van der Waals surface area contributed by atoms with E-state index in [1.165, 1.54) is 12.1 Å². The zero-order chi connectivity index (χ0) is 20.5. The average molecular weight is 401 g/mol. The summed E-state index contributed by atoms with van der Waals surface area (Å²) in [4.78, 5) is 24.8. The van der Waals surface area contributed by atoms with Crippen molar-refractivity contribution in [2.75, 3.05) is 6.61 Å². The standard InChI is InChI=1S/C21H23NO5S/c1-13-4-6-16(10-15(13)3)20(23)12-27-21(24)19-11-18(9-5-14(19)2)28(25,26)22-17-7-8-17/h4-6,9-11,17,22H,7-8,12H2,1-3H3. The molecular formula is C21H23NO5S. The number of hydrogen-bond donors (Lipinski definition) is 1. The molecule has 0 aliphatic heterocycles. The van der Waals surface area contributed by atoms with Gasteiger partial charge in [0.15, 0.2) is 12.4 Å². The van der Waals surface area contributed by atoms with Crippen LogP contribution in [0.4, 0.5) is 0 Å². The van der Waals surface area contributed by atoms with Crippen molar-refractivity contribution in [1.82, 2.24) is 4.72 Å². The Morgan fingerprint density at radius 3 is 2.32 bits per heavy atom. The minimum Gasteiger partial charge on any atom is -0.454 e. The van der Waals surface area contributed by atoms with Gasteiger partial charge < -0.3 is 4.74 Å². The van der Waals surface area contributed by atoms with Crippen molar-refractivity contribution < 1.29 is 22.7 Å². The van der Waals surface area contributed by atoms with Crippen LogP contribution in [0.2, 0.25) is 0 Å². The van der Waals surface area contributed by atoms with Crippen molar-refractivity contribution >= 4 is 21.8 Å². The number of ether oxygens (including phenoxy) is 1. The smallest absolute Gasteiger partial charge is 0.338 e. The van der Waals surface area contributed by atoms with Gasteiger partial charge in [0.25, 0.3) is 0 Å². The predicted octanol–water partition coefficient (Wildman–Crippen LogP) is 3.09. The Morgan fingerprint density at radius 2 is 1.68 bits per heavy atom. The predicted molar refractivity (Wildman–Crippen MR) is 105 cm³/mol. The van der Waals surface area contributed by atoms with E-state index in [4.69, 9.17) is 4.74 Å². The summed E-state index contributed by atoms with van der Waals surface area (Å²) in [6, 6.07) is 9.57. The molecule has 1 N–H and O–H groups in total. The van der Waals surface area contributed by atoms with E-state index in [1.807, 2.05) is 19.9 Å². The number of carbonyl (C=O) groups excluding carboxylic acids is 2. The van der Waals surface area contributed by atoms with Crippen molar-refractivity contribution in [2.45, 2.75) is 44.6 Å². The molecule has 7 heteroatoms. The summed E-state index contributed by atoms with van der Waals surface area (Å²) in [5.41, 5.74) is 3.23. The van der Waals surface area contributed by atoms with Gasteiger partial charge in [0.2, 0.25) is 10.0 Å². The zero-order valence-corrected chi connectivity index (χ0v) is 16.9. The number of hydrogen-bond acceptors (Lipinski definition) is 5. The van der Waals surface area contributed by atoms with Gasteiger partial charge in [0.05, 0.1) is 10.5 Å². The van der Waals surface area contributed by atoms with Crippen LogP contribution in [0, 0.1) is 20.8 Å². The minimum atomic E-state index is -3.68. The maximum absolute atomic E-state index is 12.4. The molecule has 0 bridgehead atoms. The average Bonchev–Trinajstić information content (AvgIpc) is 3.45. The van der Waals surface area contributed by atoms with Crippen LogP contribution >= 0.6 is 0 Å². The Morgan fingerprint density at radius 1 is 1.00 bits per heavy atom. The second-order valence-corrected chi connectivity index (χ2v) is 8.88. The molecule has 1 aliphatic rings. The van der Waals surface area contributed by atoms with E-state index in [0.717, 1.165) is 24.0 Å². The monoisotopic (exact) mass is 401 g/mol. The summed E-state index contributed by atoms with van der Waals surface area (Å²) in [6.07, 6.45) is 1.64. The fourth-order valence-corrected chi connectivity index (χ4v) is 4.01. The molecule has 2 aromatic carbocycles. The lowest BCUT2D eigenvalue weighted by Crippen LogP contribution is -2.26. The fourth-order valence-electron chi connectivity index (χ4n) is 2.68. The van der Waals surface area contributed by atoms with E-state index in [-0.39, 0.29) is 22.3 Å². The van der Waals surface area contributed by atoms with Crippen LogP contribution < -0.4 is 4.72 Å². The summed E-state index contributed by atoms with van der Waals surface area (Å²) >= 11 is 0. The normalized spacial score (nSPS) is 14.0. The molecule has 1 fully saturated rings. The molecule has 0 aromatic heterocycles. The number of benzene rings is 2. The van der Waals surface area contributed by atoms with Gasteiger partial charge in [-0.05, 0) is 68.5 Å². The number of ketones is 1.